The lowest BCUT2D eigenvalue weighted by atomic mass is 10.2. The molecule has 0 saturated carbocycles. The van der Waals surface area contributed by atoms with Gasteiger partial charge in [-0.15, -0.1) is 0 Å². The van der Waals surface area contributed by atoms with Crippen molar-refractivity contribution in [1.29, 1.82) is 0 Å². The molecular formula is C21H15BrN2O3. The highest BCUT2D eigenvalue weighted by atomic mass is 79.9. The van der Waals surface area contributed by atoms with Gasteiger partial charge in [-0.25, -0.2) is 9.78 Å². The summed E-state index contributed by atoms with van der Waals surface area (Å²) in [5.41, 5.74) is 3.45. The van der Waals surface area contributed by atoms with E-state index in [0.717, 1.165) is 15.6 Å². The van der Waals surface area contributed by atoms with Crippen LogP contribution in [0.3, 0.4) is 0 Å². The molecule has 2 N–H and O–H groups in total. The average molecular weight is 423 g/mol. The Morgan fingerprint density at radius 2 is 1.89 bits per heavy atom. The highest BCUT2D eigenvalue weighted by molar-refractivity contribution is 9.10. The number of aromatic amines is 1. The third-order valence-electron chi connectivity index (χ3n) is 4.16. The fourth-order valence-electron chi connectivity index (χ4n) is 2.82. The molecule has 0 spiro atoms. The lowest BCUT2D eigenvalue weighted by Crippen LogP contribution is -1.97. The van der Waals surface area contributed by atoms with Gasteiger partial charge in [0.1, 0.15) is 18.2 Å². The zero-order valence-corrected chi connectivity index (χ0v) is 15.7. The van der Waals surface area contributed by atoms with Crippen LogP contribution in [0.5, 0.6) is 5.75 Å². The van der Waals surface area contributed by atoms with Crippen LogP contribution in [0, 0.1) is 0 Å². The van der Waals surface area contributed by atoms with E-state index < -0.39 is 5.97 Å². The Bertz CT molecular complexity index is 1120. The summed E-state index contributed by atoms with van der Waals surface area (Å²) in [6.07, 6.45) is 0. The van der Waals surface area contributed by atoms with Crippen LogP contribution in [-0.4, -0.2) is 21.0 Å². The zero-order valence-electron chi connectivity index (χ0n) is 14.1. The maximum absolute atomic E-state index is 11.2. The predicted octanol–water partition coefficient (Wildman–Crippen LogP) is 5.27. The second-order valence-electron chi connectivity index (χ2n) is 6.04. The summed E-state index contributed by atoms with van der Waals surface area (Å²) >= 11 is 3.49. The molecule has 0 bridgehead atoms. The van der Waals surface area contributed by atoms with Gasteiger partial charge in [0.05, 0.1) is 22.2 Å². The number of hydrogen-bond donors (Lipinski definition) is 2. The molecule has 0 radical (unpaired) electrons. The molecule has 0 aliphatic rings. The Hall–Kier alpha value is -3.12. The molecule has 4 aromatic rings. The summed E-state index contributed by atoms with van der Waals surface area (Å²) in [4.78, 5) is 19.0. The monoisotopic (exact) mass is 422 g/mol. The van der Waals surface area contributed by atoms with Crippen molar-refractivity contribution in [2.45, 2.75) is 6.61 Å². The number of rotatable bonds is 5. The number of carbonyl (C=O) groups is 1. The molecule has 0 aliphatic heterocycles. The fraction of sp³-hybridized carbons (Fsp3) is 0.0476. The normalized spacial score (nSPS) is 10.9. The van der Waals surface area contributed by atoms with Gasteiger partial charge >= 0.3 is 5.97 Å². The summed E-state index contributed by atoms with van der Waals surface area (Å²) in [7, 11) is 0. The first kappa shape index (κ1) is 17.3. The van der Waals surface area contributed by atoms with E-state index in [0.29, 0.717) is 29.2 Å². The van der Waals surface area contributed by atoms with Crippen molar-refractivity contribution < 1.29 is 14.6 Å². The lowest BCUT2D eigenvalue weighted by Gasteiger charge is -2.11. The van der Waals surface area contributed by atoms with E-state index in [1.165, 1.54) is 0 Å². The second-order valence-corrected chi connectivity index (χ2v) is 6.95. The van der Waals surface area contributed by atoms with Crippen molar-refractivity contribution in [3.63, 3.8) is 0 Å². The Morgan fingerprint density at radius 1 is 1.07 bits per heavy atom. The van der Waals surface area contributed by atoms with E-state index in [1.807, 2.05) is 48.5 Å². The first-order valence-corrected chi connectivity index (χ1v) is 9.09. The first-order valence-electron chi connectivity index (χ1n) is 8.30. The Balaban J connectivity index is 1.71. The van der Waals surface area contributed by atoms with E-state index in [4.69, 9.17) is 9.84 Å². The van der Waals surface area contributed by atoms with Crippen molar-refractivity contribution in [3.8, 4) is 17.1 Å². The standard InChI is InChI=1S/C21H15BrN2O3/c22-15-7-9-19(27-12-13-4-2-1-3-5-13)16(11-15)20-23-17-8-6-14(21(25)26)10-18(17)24-20/h1-11H,12H2,(H,23,24)(H,25,26). The number of H-pyrrole nitrogens is 1. The van der Waals surface area contributed by atoms with E-state index in [9.17, 15) is 4.79 Å². The molecule has 134 valence electrons. The summed E-state index contributed by atoms with van der Waals surface area (Å²) in [5, 5.41) is 9.17. The van der Waals surface area contributed by atoms with Crippen molar-refractivity contribution >= 4 is 32.9 Å². The number of aromatic nitrogens is 2. The average Bonchev–Trinajstić information content (AvgIpc) is 3.11. The number of ether oxygens (including phenoxy) is 1. The number of nitrogens with zero attached hydrogens (tertiary/aromatic N) is 1. The molecule has 0 aliphatic carbocycles. The van der Waals surface area contributed by atoms with Crippen molar-refractivity contribution in [1.82, 2.24) is 9.97 Å². The minimum atomic E-state index is -0.970. The van der Waals surface area contributed by atoms with E-state index >= 15 is 0 Å². The maximum Gasteiger partial charge on any atom is 0.335 e. The third kappa shape index (κ3) is 3.71. The number of fused-ring (bicyclic) bond motifs is 1. The van der Waals surface area contributed by atoms with Crippen LogP contribution in [0.1, 0.15) is 15.9 Å². The van der Waals surface area contributed by atoms with Gasteiger partial charge in [0.2, 0.25) is 0 Å². The minimum absolute atomic E-state index is 0.215. The van der Waals surface area contributed by atoms with Gasteiger partial charge in [0.15, 0.2) is 0 Å². The molecule has 1 aromatic heterocycles. The van der Waals surface area contributed by atoms with Crippen LogP contribution in [0.4, 0.5) is 0 Å². The number of hydrogen-bond acceptors (Lipinski definition) is 3. The summed E-state index contributed by atoms with van der Waals surface area (Å²) < 4.78 is 6.91. The molecule has 5 nitrogen and oxygen atoms in total. The summed E-state index contributed by atoms with van der Waals surface area (Å²) in [6, 6.07) is 20.5. The molecule has 1 heterocycles. The molecule has 0 atom stereocenters. The molecule has 6 heteroatoms. The largest absolute Gasteiger partial charge is 0.488 e. The molecule has 0 unspecified atom stereocenters. The Labute approximate surface area is 163 Å². The quantitative estimate of drug-likeness (QED) is 0.459. The number of aromatic carboxylic acids is 1. The van der Waals surface area contributed by atoms with Gasteiger partial charge in [-0.05, 0) is 42.0 Å². The maximum atomic E-state index is 11.2. The van der Waals surface area contributed by atoms with E-state index in [-0.39, 0.29) is 5.56 Å². The third-order valence-corrected chi connectivity index (χ3v) is 4.66. The zero-order chi connectivity index (χ0) is 18.8. The molecule has 4 rings (SSSR count). The van der Waals surface area contributed by atoms with Crippen LogP contribution in [0.2, 0.25) is 0 Å². The highest BCUT2D eigenvalue weighted by Gasteiger charge is 2.13. The molecular weight excluding hydrogens is 408 g/mol. The minimum Gasteiger partial charge on any atom is -0.488 e. The van der Waals surface area contributed by atoms with Gasteiger partial charge in [0, 0.05) is 4.47 Å². The van der Waals surface area contributed by atoms with E-state index in [1.54, 1.807) is 18.2 Å². The summed E-state index contributed by atoms with van der Waals surface area (Å²) in [6.45, 7) is 0.443. The van der Waals surface area contributed by atoms with Crippen LogP contribution in [-0.2, 0) is 6.61 Å². The highest BCUT2D eigenvalue weighted by Crippen LogP contribution is 2.33. The molecule has 0 fully saturated rings. The van der Waals surface area contributed by atoms with Crippen molar-refractivity contribution in [2.75, 3.05) is 0 Å². The second kappa shape index (κ2) is 7.25. The lowest BCUT2D eigenvalue weighted by molar-refractivity contribution is 0.0697. The molecule has 0 saturated heterocycles. The summed E-state index contributed by atoms with van der Waals surface area (Å²) in [5.74, 6) is 0.346. The number of nitrogens with one attached hydrogen (secondary N) is 1. The molecule has 3 aromatic carbocycles. The van der Waals surface area contributed by atoms with Gasteiger partial charge in [-0.2, -0.15) is 0 Å². The number of halogens is 1. The van der Waals surface area contributed by atoms with Crippen LogP contribution >= 0.6 is 15.9 Å². The van der Waals surface area contributed by atoms with Crippen molar-refractivity contribution in [3.05, 3.63) is 82.3 Å². The number of carboxylic acid groups (broad SMARTS) is 1. The van der Waals surface area contributed by atoms with Gasteiger partial charge in [-0.3, -0.25) is 0 Å². The van der Waals surface area contributed by atoms with E-state index in [2.05, 4.69) is 25.9 Å². The number of benzene rings is 3. The SMILES string of the molecule is O=C(O)c1ccc2nc(-c3cc(Br)ccc3OCc3ccccc3)[nH]c2c1. The van der Waals surface area contributed by atoms with Crippen LogP contribution in [0.15, 0.2) is 71.2 Å². The topological polar surface area (TPSA) is 75.2 Å². The number of carboxylic acids is 1. The predicted molar refractivity (Wildman–Crippen MR) is 107 cm³/mol. The van der Waals surface area contributed by atoms with Gasteiger partial charge in [-0.1, -0.05) is 46.3 Å². The molecule has 0 amide bonds. The van der Waals surface area contributed by atoms with Crippen molar-refractivity contribution in [2.24, 2.45) is 0 Å². The Morgan fingerprint density at radius 3 is 2.67 bits per heavy atom. The molecule has 27 heavy (non-hydrogen) atoms. The van der Waals surface area contributed by atoms with Crippen LogP contribution < -0.4 is 4.74 Å². The Kier molecular flexibility index (Phi) is 4.64. The fourth-order valence-corrected chi connectivity index (χ4v) is 3.18. The smallest absolute Gasteiger partial charge is 0.335 e. The van der Waals surface area contributed by atoms with Gasteiger partial charge < -0.3 is 14.8 Å². The first-order chi connectivity index (χ1) is 13.1. The van der Waals surface area contributed by atoms with Crippen LogP contribution in [0.25, 0.3) is 22.4 Å². The van der Waals surface area contributed by atoms with Gasteiger partial charge in [0.25, 0.3) is 0 Å². The number of imidazole rings is 1.